The Bertz CT molecular complexity index is 282. The predicted molar refractivity (Wildman–Crippen MR) is 62.3 cm³/mol. The second-order valence-corrected chi connectivity index (χ2v) is 6.57. The van der Waals surface area contributed by atoms with Crippen molar-refractivity contribution in [3.8, 4) is 0 Å². The van der Waals surface area contributed by atoms with E-state index in [-0.39, 0.29) is 11.8 Å². The number of sulfonamides is 1. The number of nitrogens with zero attached hydrogens (tertiary/aromatic N) is 1. The van der Waals surface area contributed by atoms with Gasteiger partial charge in [-0.25, -0.2) is 8.42 Å². The average Bonchev–Trinajstić information content (AvgIpc) is 2.65. The summed E-state index contributed by atoms with van der Waals surface area (Å²) in [7, 11) is -3.05. The van der Waals surface area contributed by atoms with E-state index in [4.69, 9.17) is 0 Å². The molecule has 1 heterocycles. The minimum atomic E-state index is -3.05. The smallest absolute Gasteiger partial charge is 0.214 e. The fourth-order valence-electron chi connectivity index (χ4n) is 1.94. The van der Waals surface area contributed by atoms with Gasteiger partial charge in [-0.05, 0) is 40.2 Å². The molecule has 5 heteroatoms. The van der Waals surface area contributed by atoms with E-state index in [1.54, 1.807) is 11.2 Å². The molecule has 0 bridgehead atoms. The van der Waals surface area contributed by atoms with Gasteiger partial charge in [0.15, 0.2) is 0 Å². The summed E-state index contributed by atoms with van der Waals surface area (Å²) in [5, 5.41) is 3.33. The molecule has 0 aromatic heterocycles. The molecule has 0 amide bonds. The van der Waals surface area contributed by atoms with E-state index in [0.29, 0.717) is 12.6 Å². The molecular weight excluding hydrogens is 212 g/mol. The molecular formula is C10H22N2O2S. The Labute approximate surface area is 93.1 Å². The van der Waals surface area contributed by atoms with Crippen LogP contribution in [0.2, 0.25) is 0 Å². The lowest BCUT2D eigenvalue weighted by atomic mass is 10.2. The Balaban J connectivity index is 2.66. The summed E-state index contributed by atoms with van der Waals surface area (Å²) in [5.74, 6) is 0.192. The molecule has 0 aliphatic carbocycles. The van der Waals surface area contributed by atoms with Crippen molar-refractivity contribution in [3.05, 3.63) is 0 Å². The predicted octanol–water partition coefficient (Wildman–Crippen LogP) is 0.798. The molecule has 0 aromatic carbocycles. The van der Waals surface area contributed by atoms with Crippen LogP contribution in [0.25, 0.3) is 0 Å². The van der Waals surface area contributed by atoms with Crippen LogP contribution in [0.15, 0.2) is 0 Å². The van der Waals surface area contributed by atoms with Crippen LogP contribution in [-0.4, -0.2) is 43.6 Å². The van der Waals surface area contributed by atoms with E-state index in [9.17, 15) is 8.42 Å². The van der Waals surface area contributed by atoms with E-state index in [2.05, 4.69) is 5.32 Å². The Kier molecular flexibility index (Phi) is 4.55. The van der Waals surface area contributed by atoms with Gasteiger partial charge in [0.2, 0.25) is 10.0 Å². The normalized spacial score (nSPS) is 22.9. The van der Waals surface area contributed by atoms with Crippen LogP contribution in [0.4, 0.5) is 0 Å². The zero-order valence-corrected chi connectivity index (χ0v) is 10.7. The van der Waals surface area contributed by atoms with E-state index in [0.717, 1.165) is 19.4 Å². The minimum absolute atomic E-state index is 0.0531. The summed E-state index contributed by atoms with van der Waals surface area (Å²) >= 11 is 0. The highest BCUT2D eigenvalue weighted by atomic mass is 32.2. The molecule has 90 valence electrons. The Morgan fingerprint density at radius 2 is 2.13 bits per heavy atom. The monoisotopic (exact) mass is 234 g/mol. The maximum atomic E-state index is 11.8. The van der Waals surface area contributed by atoms with Gasteiger partial charge in [0.1, 0.15) is 0 Å². The highest BCUT2D eigenvalue weighted by molar-refractivity contribution is 7.89. The Morgan fingerprint density at radius 3 is 2.53 bits per heavy atom. The lowest BCUT2D eigenvalue weighted by molar-refractivity contribution is 0.323. The lowest BCUT2D eigenvalue weighted by Gasteiger charge is -2.28. The number of rotatable bonds is 5. The van der Waals surface area contributed by atoms with Gasteiger partial charge >= 0.3 is 0 Å². The van der Waals surface area contributed by atoms with E-state index < -0.39 is 10.0 Å². The molecule has 1 atom stereocenters. The van der Waals surface area contributed by atoms with Gasteiger partial charge in [-0.2, -0.15) is 4.31 Å². The van der Waals surface area contributed by atoms with Gasteiger partial charge in [-0.1, -0.05) is 0 Å². The SMILES string of the molecule is CCS(=O)(=O)N(CC1CCCN1)C(C)C. The molecule has 15 heavy (non-hydrogen) atoms. The first-order valence-electron chi connectivity index (χ1n) is 5.70. The fourth-order valence-corrected chi connectivity index (χ4v) is 3.32. The van der Waals surface area contributed by atoms with Crippen LogP contribution in [-0.2, 0) is 10.0 Å². The van der Waals surface area contributed by atoms with Crippen LogP contribution in [0.5, 0.6) is 0 Å². The highest BCUT2D eigenvalue weighted by Crippen LogP contribution is 2.13. The largest absolute Gasteiger partial charge is 0.313 e. The first-order valence-corrected chi connectivity index (χ1v) is 7.31. The van der Waals surface area contributed by atoms with E-state index in [1.165, 1.54) is 0 Å². The van der Waals surface area contributed by atoms with Crippen molar-refractivity contribution < 1.29 is 8.42 Å². The minimum Gasteiger partial charge on any atom is -0.313 e. The average molecular weight is 234 g/mol. The van der Waals surface area contributed by atoms with Crippen molar-refractivity contribution in [2.75, 3.05) is 18.8 Å². The zero-order valence-electron chi connectivity index (χ0n) is 9.86. The molecule has 1 saturated heterocycles. The molecule has 1 rings (SSSR count). The van der Waals surface area contributed by atoms with Crippen LogP contribution < -0.4 is 5.32 Å². The molecule has 1 N–H and O–H groups in total. The highest BCUT2D eigenvalue weighted by Gasteiger charge is 2.27. The standard InChI is InChI=1S/C10H22N2O2S/c1-4-15(13,14)12(9(2)3)8-10-6-5-7-11-10/h9-11H,4-8H2,1-3H3. The van der Waals surface area contributed by atoms with E-state index >= 15 is 0 Å². The van der Waals surface area contributed by atoms with Crippen molar-refractivity contribution in [2.24, 2.45) is 0 Å². The van der Waals surface area contributed by atoms with Crippen molar-refractivity contribution in [1.82, 2.24) is 9.62 Å². The third-order valence-electron chi connectivity index (χ3n) is 2.86. The molecule has 4 nitrogen and oxygen atoms in total. The molecule has 0 aromatic rings. The van der Waals surface area contributed by atoms with Gasteiger partial charge < -0.3 is 5.32 Å². The Morgan fingerprint density at radius 1 is 1.47 bits per heavy atom. The van der Waals surface area contributed by atoms with Crippen LogP contribution in [0.1, 0.15) is 33.6 Å². The van der Waals surface area contributed by atoms with Crippen molar-refractivity contribution in [2.45, 2.75) is 45.7 Å². The first-order chi connectivity index (χ1) is 6.97. The van der Waals surface area contributed by atoms with Gasteiger partial charge in [0.05, 0.1) is 5.75 Å². The van der Waals surface area contributed by atoms with Gasteiger partial charge in [-0.15, -0.1) is 0 Å². The summed E-state index contributed by atoms with van der Waals surface area (Å²) < 4.78 is 25.3. The van der Waals surface area contributed by atoms with Gasteiger partial charge in [-0.3, -0.25) is 0 Å². The molecule has 1 fully saturated rings. The second kappa shape index (κ2) is 5.27. The summed E-state index contributed by atoms with van der Waals surface area (Å²) in [6.45, 7) is 7.20. The topological polar surface area (TPSA) is 49.4 Å². The molecule has 0 spiro atoms. The van der Waals surface area contributed by atoms with Gasteiger partial charge in [0.25, 0.3) is 0 Å². The number of hydrogen-bond acceptors (Lipinski definition) is 3. The molecule has 1 aliphatic rings. The third-order valence-corrected chi connectivity index (χ3v) is 4.88. The molecule has 1 aliphatic heterocycles. The lowest BCUT2D eigenvalue weighted by Crippen LogP contribution is -2.45. The molecule has 0 saturated carbocycles. The summed E-state index contributed by atoms with van der Waals surface area (Å²) in [6.07, 6.45) is 2.24. The molecule has 0 radical (unpaired) electrons. The van der Waals surface area contributed by atoms with Crippen molar-refractivity contribution >= 4 is 10.0 Å². The van der Waals surface area contributed by atoms with Crippen LogP contribution in [0, 0.1) is 0 Å². The van der Waals surface area contributed by atoms with Crippen molar-refractivity contribution in [3.63, 3.8) is 0 Å². The fraction of sp³-hybridized carbons (Fsp3) is 1.00. The number of hydrogen-bond donors (Lipinski definition) is 1. The van der Waals surface area contributed by atoms with Crippen LogP contribution >= 0.6 is 0 Å². The maximum Gasteiger partial charge on any atom is 0.214 e. The second-order valence-electron chi connectivity index (χ2n) is 4.36. The van der Waals surface area contributed by atoms with Crippen LogP contribution in [0.3, 0.4) is 0 Å². The summed E-state index contributed by atoms with van der Waals surface area (Å²) in [4.78, 5) is 0. The van der Waals surface area contributed by atoms with Crippen molar-refractivity contribution in [1.29, 1.82) is 0 Å². The Hall–Kier alpha value is -0.130. The third kappa shape index (κ3) is 3.43. The summed E-state index contributed by atoms with van der Waals surface area (Å²) in [6, 6.07) is 0.395. The zero-order chi connectivity index (χ0) is 11.5. The number of nitrogens with one attached hydrogen (secondary N) is 1. The summed E-state index contributed by atoms with van der Waals surface area (Å²) in [5.41, 5.74) is 0. The molecule has 1 unspecified atom stereocenters. The van der Waals surface area contributed by atoms with E-state index in [1.807, 2.05) is 13.8 Å². The maximum absolute atomic E-state index is 11.8. The first kappa shape index (κ1) is 12.9. The quantitative estimate of drug-likeness (QED) is 0.765. The van der Waals surface area contributed by atoms with Gasteiger partial charge in [0, 0.05) is 18.6 Å².